The number of nitrogens with two attached hydrogens (primary N) is 1. The van der Waals surface area contributed by atoms with E-state index >= 15 is 0 Å². The van der Waals surface area contributed by atoms with Gasteiger partial charge in [0.15, 0.2) is 5.11 Å². The van der Waals surface area contributed by atoms with Crippen molar-refractivity contribution in [3.63, 3.8) is 0 Å². The van der Waals surface area contributed by atoms with Crippen molar-refractivity contribution in [3.8, 4) is 0 Å². The monoisotopic (exact) mass is 119 g/mol. The minimum absolute atomic E-state index is 0.328. The summed E-state index contributed by atoms with van der Waals surface area (Å²) in [6, 6.07) is 0. The Morgan fingerprint density at radius 2 is 2.43 bits per heavy atom. The van der Waals surface area contributed by atoms with Crippen molar-refractivity contribution in [3.05, 3.63) is 0 Å². The van der Waals surface area contributed by atoms with Crippen molar-refractivity contribution < 1.29 is 0 Å². The summed E-state index contributed by atoms with van der Waals surface area (Å²) in [7, 11) is 1.81. The van der Waals surface area contributed by atoms with Gasteiger partial charge in [0.1, 0.15) is 0 Å². The molecule has 0 saturated carbocycles. The predicted octanol–water partition coefficient (Wildman–Crippen LogP) is -1.00. The minimum atomic E-state index is 0.328. The molecule has 0 bridgehead atoms. The Kier molecular flexibility index (Phi) is 3.64. The Morgan fingerprint density at radius 3 is 2.57 bits per heavy atom. The van der Waals surface area contributed by atoms with E-state index in [4.69, 9.17) is 5.73 Å². The average Bonchev–Trinajstić information content (AvgIpc) is 1.61. The summed E-state index contributed by atoms with van der Waals surface area (Å²) in [5, 5.41) is 5.84. The van der Waals surface area contributed by atoms with Crippen molar-refractivity contribution in [1.82, 2.24) is 10.6 Å². The highest BCUT2D eigenvalue weighted by atomic mass is 32.1. The van der Waals surface area contributed by atoms with E-state index in [1.54, 1.807) is 0 Å². The predicted molar refractivity (Wildman–Crippen MR) is 33.8 cm³/mol. The van der Waals surface area contributed by atoms with Crippen LogP contribution >= 0.6 is 12.2 Å². The zero-order chi connectivity index (χ0) is 5.70. The van der Waals surface area contributed by atoms with Crippen LogP contribution in [0.4, 0.5) is 0 Å². The highest BCUT2D eigenvalue weighted by Gasteiger charge is 1.77. The van der Waals surface area contributed by atoms with Crippen LogP contribution in [0, 0.1) is 0 Å². The summed E-state index contributed by atoms with van der Waals surface area (Å²) in [6.45, 7) is 0.634. The van der Waals surface area contributed by atoms with Crippen molar-refractivity contribution in [2.75, 3.05) is 13.7 Å². The quantitative estimate of drug-likeness (QED) is 0.322. The van der Waals surface area contributed by atoms with Crippen LogP contribution in [0.1, 0.15) is 0 Å². The molecule has 4 N–H and O–H groups in total. The molecule has 0 rings (SSSR count). The highest BCUT2D eigenvalue weighted by Crippen LogP contribution is 1.50. The zero-order valence-corrected chi connectivity index (χ0v) is 5.01. The Bertz CT molecular complexity index is 63.2. The molecule has 0 radical (unpaired) electrons. The molecule has 0 aliphatic carbocycles. The molecule has 0 atom stereocenters. The summed E-state index contributed by atoms with van der Waals surface area (Å²) in [6.07, 6.45) is 0. The van der Waals surface area contributed by atoms with Crippen LogP contribution in [0.3, 0.4) is 0 Å². The Hall–Kier alpha value is -0.350. The molecule has 0 aromatic rings. The van der Waals surface area contributed by atoms with Gasteiger partial charge in [0.05, 0.1) is 6.67 Å². The maximum Gasteiger partial charge on any atom is 0.164 e. The Labute approximate surface area is 48.3 Å². The fraction of sp³-hybridized carbons (Fsp3) is 0.667. The molecular formula is C3H9N3S. The smallest absolute Gasteiger partial charge is 0.164 e. The van der Waals surface area contributed by atoms with Gasteiger partial charge >= 0.3 is 0 Å². The van der Waals surface area contributed by atoms with E-state index < -0.39 is 0 Å². The lowest BCUT2D eigenvalue weighted by Gasteiger charge is -1.98. The van der Waals surface area contributed by atoms with Gasteiger partial charge in [-0.05, 0) is 19.3 Å². The van der Waals surface area contributed by atoms with Crippen molar-refractivity contribution >= 4 is 17.3 Å². The Morgan fingerprint density at radius 1 is 1.86 bits per heavy atom. The molecule has 0 heterocycles. The maximum atomic E-state index is 5.06. The van der Waals surface area contributed by atoms with Gasteiger partial charge in [-0.1, -0.05) is 0 Å². The van der Waals surface area contributed by atoms with Crippen LogP contribution in [0.15, 0.2) is 0 Å². The van der Waals surface area contributed by atoms with E-state index in [0.717, 1.165) is 0 Å². The van der Waals surface area contributed by atoms with Gasteiger partial charge in [-0.15, -0.1) is 0 Å². The van der Waals surface area contributed by atoms with Gasteiger partial charge in [0.2, 0.25) is 0 Å². The maximum absolute atomic E-state index is 5.06. The molecule has 0 aromatic carbocycles. The lowest BCUT2D eigenvalue weighted by molar-refractivity contribution is 0.763. The first kappa shape index (κ1) is 6.65. The van der Waals surface area contributed by atoms with Crippen LogP contribution in [0.25, 0.3) is 0 Å². The third kappa shape index (κ3) is 5.65. The number of hydrogen-bond acceptors (Lipinski definition) is 2. The first-order chi connectivity index (χ1) is 3.27. The molecule has 0 amide bonds. The van der Waals surface area contributed by atoms with Crippen LogP contribution in [0.5, 0.6) is 0 Å². The molecule has 4 heteroatoms. The van der Waals surface area contributed by atoms with Gasteiger partial charge < -0.3 is 16.4 Å². The third-order valence-corrected chi connectivity index (χ3v) is 0.584. The third-order valence-electron chi connectivity index (χ3n) is 0.439. The molecule has 0 unspecified atom stereocenters. The van der Waals surface area contributed by atoms with Gasteiger partial charge in [-0.2, -0.15) is 0 Å². The van der Waals surface area contributed by atoms with E-state index in [0.29, 0.717) is 11.8 Å². The molecule has 0 aliphatic heterocycles. The van der Waals surface area contributed by atoms with Gasteiger partial charge in [-0.25, -0.2) is 0 Å². The Balaban J connectivity index is 2.82. The van der Waals surface area contributed by atoms with E-state index in [9.17, 15) is 0 Å². The second-order valence-corrected chi connectivity index (χ2v) is 1.51. The summed E-state index contributed by atoms with van der Waals surface area (Å²) in [5.74, 6) is 0. The van der Waals surface area contributed by atoms with E-state index in [1.807, 2.05) is 7.05 Å². The summed E-state index contributed by atoms with van der Waals surface area (Å²) in [5.41, 5.74) is 5.06. The molecule has 0 saturated heterocycles. The molecule has 0 aliphatic rings. The van der Waals surface area contributed by atoms with Gasteiger partial charge in [0.25, 0.3) is 0 Å². The van der Waals surface area contributed by atoms with Crippen LogP contribution in [0.2, 0.25) is 0 Å². The summed E-state index contributed by atoms with van der Waals surface area (Å²) in [4.78, 5) is 0. The van der Waals surface area contributed by atoms with Gasteiger partial charge in [-0.3, -0.25) is 0 Å². The SMILES string of the molecule is CNCNC(N)=S. The standard InChI is InChI=1S/C3H9N3S/c1-5-2-6-3(4)7/h5H,2H2,1H3,(H3,4,6,7). The highest BCUT2D eigenvalue weighted by molar-refractivity contribution is 7.80. The average molecular weight is 119 g/mol. The molecule has 0 spiro atoms. The van der Waals surface area contributed by atoms with Crippen LogP contribution < -0.4 is 16.4 Å². The lowest BCUT2D eigenvalue weighted by atomic mass is 10.9. The van der Waals surface area contributed by atoms with Crippen LogP contribution in [-0.4, -0.2) is 18.8 Å². The van der Waals surface area contributed by atoms with E-state index in [-0.39, 0.29) is 0 Å². The second-order valence-electron chi connectivity index (χ2n) is 1.07. The topological polar surface area (TPSA) is 50.1 Å². The van der Waals surface area contributed by atoms with Crippen molar-refractivity contribution in [2.45, 2.75) is 0 Å². The van der Waals surface area contributed by atoms with Gasteiger partial charge in [0, 0.05) is 0 Å². The summed E-state index contributed by atoms with van der Waals surface area (Å²) < 4.78 is 0. The molecule has 0 aromatic heterocycles. The minimum Gasteiger partial charge on any atom is -0.376 e. The number of rotatable bonds is 2. The fourth-order valence-electron chi connectivity index (χ4n) is 0.176. The normalized spacial score (nSPS) is 8.14. The van der Waals surface area contributed by atoms with Crippen molar-refractivity contribution in [2.24, 2.45) is 5.73 Å². The largest absolute Gasteiger partial charge is 0.376 e. The lowest BCUT2D eigenvalue weighted by Crippen LogP contribution is -2.35. The molecular weight excluding hydrogens is 110 g/mol. The molecule has 0 fully saturated rings. The molecule has 7 heavy (non-hydrogen) atoms. The first-order valence-corrected chi connectivity index (χ1v) is 2.36. The van der Waals surface area contributed by atoms with E-state index in [2.05, 4.69) is 22.9 Å². The summed E-state index contributed by atoms with van der Waals surface area (Å²) >= 11 is 4.49. The van der Waals surface area contributed by atoms with E-state index in [1.165, 1.54) is 0 Å². The number of hydrogen-bond donors (Lipinski definition) is 3. The fourth-order valence-corrected chi connectivity index (χ4v) is 0.248. The van der Waals surface area contributed by atoms with Crippen LogP contribution in [-0.2, 0) is 0 Å². The first-order valence-electron chi connectivity index (χ1n) is 1.95. The van der Waals surface area contributed by atoms with Crippen molar-refractivity contribution in [1.29, 1.82) is 0 Å². The molecule has 3 nitrogen and oxygen atoms in total. The second kappa shape index (κ2) is 3.83. The zero-order valence-electron chi connectivity index (χ0n) is 4.19. The molecule has 42 valence electrons. The number of nitrogens with one attached hydrogen (secondary N) is 2. The number of thiocarbonyl (C=S) groups is 1.